The summed E-state index contributed by atoms with van der Waals surface area (Å²) in [5.74, 6) is -2.61. The van der Waals surface area contributed by atoms with Gasteiger partial charge in [0.25, 0.3) is 0 Å². The van der Waals surface area contributed by atoms with Gasteiger partial charge in [-0.15, -0.1) is 0 Å². The van der Waals surface area contributed by atoms with Crippen molar-refractivity contribution in [1.29, 1.82) is 0 Å². The van der Waals surface area contributed by atoms with Crippen LogP contribution in [0.2, 0.25) is 5.02 Å². The number of carboxylic acids is 1. The van der Waals surface area contributed by atoms with Gasteiger partial charge in [0, 0.05) is 15.9 Å². The Balaban J connectivity index is 2.60. The lowest BCUT2D eigenvalue weighted by Gasteiger charge is -2.21. The molecule has 2 aromatic carbocycles. The summed E-state index contributed by atoms with van der Waals surface area (Å²) in [7, 11) is 0. The number of azide groups is 1. The maximum absolute atomic E-state index is 13.5. The molecule has 0 heterocycles. The van der Waals surface area contributed by atoms with Crippen molar-refractivity contribution in [3.8, 4) is 0 Å². The quantitative estimate of drug-likeness (QED) is 0.504. The fourth-order valence-electron chi connectivity index (χ4n) is 2.24. The van der Waals surface area contributed by atoms with E-state index in [0.29, 0.717) is 16.1 Å². The first-order valence-corrected chi connectivity index (χ1v) is 6.68. The lowest BCUT2D eigenvalue weighted by atomic mass is 9.85. The topological polar surface area (TPSA) is 86.1 Å². The van der Waals surface area contributed by atoms with Crippen LogP contribution in [0.15, 0.2) is 53.6 Å². The Morgan fingerprint density at radius 1 is 1.23 bits per heavy atom. The highest BCUT2D eigenvalue weighted by Crippen LogP contribution is 2.31. The number of halogens is 2. The smallest absolute Gasteiger partial charge is 0.313 e. The molecule has 7 heteroatoms. The highest BCUT2D eigenvalue weighted by atomic mass is 35.5. The van der Waals surface area contributed by atoms with Gasteiger partial charge in [0.1, 0.15) is 11.9 Å². The number of aliphatic carboxylic acids is 1. The number of carbonyl (C=O) groups is 1. The van der Waals surface area contributed by atoms with Gasteiger partial charge in [-0.25, -0.2) is 4.39 Å². The van der Waals surface area contributed by atoms with Gasteiger partial charge in [0.15, 0.2) is 0 Å². The third-order valence-corrected chi connectivity index (χ3v) is 3.43. The summed E-state index contributed by atoms with van der Waals surface area (Å²) >= 11 is 5.83. The minimum Gasteiger partial charge on any atom is -0.481 e. The van der Waals surface area contributed by atoms with E-state index in [9.17, 15) is 14.3 Å². The highest BCUT2D eigenvalue weighted by molar-refractivity contribution is 6.30. The molecule has 0 amide bonds. The predicted molar refractivity (Wildman–Crippen MR) is 80.3 cm³/mol. The Morgan fingerprint density at radius 2 is 1.91 bits per heavy atom. The zero-order valence-corrected chi connectivity index (χ0v) is 12.0. The van der Waals surface area contributed by atoms with Crippen molar-refractivity contribution in [2.75, 3.05) is 0 Å². The number of hydrogen-bond acceptors (Lipinski definition) is 2. The number of benzene rings is 2. The zero-order chi connectivity index (χ0) is 16.1. The summed E-state index contributed by atoms with van der Waals surface area (Å²) < 4.78 is 13.5. The van der Waals surface area contributed by atoms with Crippen molar-refractivity contribution in [2.45, 2.75) is 12.0 Å². The fraction of sp³-hybridized carbons (Fsp3) is 0.133. The first-order valence-electron chi connectivity index (χ1n) is 6.31. The molecule has 22 heavy (non-hydrogen) atoms. The molecule has 0 saturated carbocycles. The Hall–Kier alpha value is -2.56. The molecule has 5 nitrogen and oxygen atoms in total. The zero-order valence-electron chi connectivity index (χ0n) is 11.2. The molecular weight excluding hydrogens is 309 g/mol. The van der Waals surface area contributed by atoms with Crippen LogP contribution in [0.3, 0.4) is 0 Å². The molecule has 112 valence electrons. The standard InChI is InChI=1S/C15H11ClFN3O2/c16-11-6-4-9(5-7-11)13(14(15(21)22)19-20-18)10-2-1-3-12(17)8-10/h1-8,13-14H,(H,21,22)/t13?,14-/m0/s1. The van der Waals surface area contributed by atoms with E-state index in [1.54, 1.807) is 30.3 Å². The largest absolute Gasteiger partial charge is 0.481 e. The molecule has 0 aliphatic carbocycles. The number of hydrogen-bond donors (Lipinski definition) is 1. The molecule has 0 aliphatic heterocycles. The first-order chi connectivity index (χ1) is 10.5. The number of nitrogens with zero attached hydrogens (tertiary/aromatic N) is 3. The fourth-order valence-corrected chi connectivity index (χ4v) is 2.37. The molecule has 2 rings (SSSR count). The van der Waals surface area contributed by atoms with Crippen molar-refractivity contribution in [1.82, 2.24) is 0 Å². The summed E-state index contributed by atoms with van der Waals surface area (Å²) in [6.45, 7) is 0. The third-order valence-electron chi connectivity index (χ3n) is 3.18. The summed E-state index contributed by atoms with van der Waals surface area (Å²) in [5.41, 5.74) is 9.60. The molecule has 2 aromatic rings. The maximum Gasteiger partial charge on any atom is 0.313 e. The first kappa shape index (κ1) is 15.8. The molecule has 1 N–H and O–H groups in total. The second kappa shape index (κ2) is 6.93. The molecule has 0 radical (unpaired) electrons. The minimum absolute atomic E-state index is 0.405. The summed E-state index contributed by atoms with van der Waals surface area (Å²) in [6.07, 6.45) is 0. The molecule has 1 unspecified atom stereocenters. The molecule has 0 aliphatic rings. The molecule has 2 atom stereocenters. The Morgan fingerprint density at radius 3 is 2.45 bits per heavy atom. The lowest BCUT2D eigenvalue weighted by Crippen LogP contribution is -2.26. The van der Waals surface area contributed by atoms with E-state index < -0.39 is 23.7 Å². The summed E-state index contributed by atoms with van der Waals surface area (Å²) in [5, 5.41) is 13.2. The molecule has 0 bridgehead atoms. The highest BCUT2D eigenvalue weighted by Gasteiger charge is 2.30. The van der Waals surface area contributed by atoms with Crippen LogP contribution < -0.4 is 0 Å². The van der Waals surface area contributed by atoms with E-state index in [0.717, 1.165) is 0 Å². The summed E-state index contributed by atoms with van der Waals surface area (Å²) in [6, 6.07) is 10.6. The number of rotatable bonds is 5. The van der Waals surface area contributed by atoms with Gasteiger partial charge in [0.2, 0.25) is 0 Å². The van der Waals surface area contributed by atoms with Crippen LogP contribution in [0.4, 0.5) is 4.39 Å². The van der Waals surface area contributed by atoms with Crippen LogP contribution in [-0.4, -0.2) is 17.1 Å². The van der Waals surface area contributed by atoms with Crippen molar-refractivity contribution in [3.05, 3.63) is 80.9 Å². The van der Waals surface area contributed by atoms with Gasteiger partial charge in [-0.2, -0.15) is 0 Å². The molecule has 0 aromatic heterocycles. The average molecular weight is 320 g/mol. The van der Waals surface area contributed by atoms with Crippen LogP contribution in [0, 0.1) is 5.82 Å². The van der Waals surface area contributed by atoms with E-state index in [4.69, 9.17) is 17.1 Å². The maximum atomic E-state index is 13.5. The third kappa shape index (κ3) is 3.55. The lowest BCUT2D eigenvalue weighted by molar-refractivity contribution is -0.138. The molecule has 0 fully saturated rings. The van der Waals surface area contributed by atoms with Crippen molar-refractivity contribution in [2.24, 2.45) is 5.11 Å². The SMILES string of the molecule is [N-]=[N+]=N[C@H](C(=O)O)C(c1ccc(Cl)cc1)c1cccc(F)c1. The Bertz CT molecular complexity index is 728. The van der Waals surface area contributed by atoms with E-state index in [2.05, 4.69) is 10.0 Å². The van der Waals surface area contributed by atoms with Crippen molar-refractivity contribution < 1.29 is 14.3 Å². The average Bonchev–Trinajstić information content (AvgIpc) is 2.48. The van der Waals surface area contributed by atoms with Crippen LogP contribution in [0.25, 0.3) is 10.4 Å². The summed E-state index contributed by atoms with van der Waals surface area (Å²) in [4.78, 5) is 14.0. The monoisotopic (exact) mass is 319 g/mol. The van der Waals surface area contributed by atoms with Crippen LogP contribution in [0.5, 0.6) is 0 Å². The number of carboxylic acid groups (broad SMARTS) is 1. The van der Waals surface area contributed by atoms with Gasteiger partial charge in [-0.1, -0.05) is 41.0 Å². The second-order valence-electron chi connectivity index (χ2n) is 4.57. The normalized spacial score (nSPS) is 13.0. The van der Waals surface area contributed by atoms with E-state index >= 15 is 0 Å². The van der Waals surface area contributed by atoms with Crippen molar-refractivity contribution >= 4 is 17.6 Å². The van der Waals surface area contributed by atoms with Crippen LogP contribution >= 0.6 is 11.6 Å². The van der Waals surface area contributed by atoms with Crippen LogP contribution in [0.1, 0.15) is 17.0 Å². The van der Waals surface area contributed by atoms with Crippen LogP contribution in [-0.2, 0) is 4.79 Å². The Labute approximate surface area is 130 Å². The van der Waals surface area contributed by atoms with E-state index in [1.165, 1.54) is 18.2 Å². The van der Waals surface area contributed by atoms with E-state index in [1.807, 2.05) is 0 Å². The van der Waals surface area contributed by atoms with E-state index in [-0.39, 0.29) is 0 Å². The molecule has 0 saturated heterocycles. The predicted octanol–water partition coefficient (Wildman–Crippen LogP) is 4.37. The minimum atomic E-state index is -1.40. The Kier molecular flexibility index (Phi) is 4.99. The molecule has 0 spiro atoms. The van der Waals surface area contributed by atoms with Gasteiger partial charge < -0.3 is 5.11 Å². The van der Waals surface area contributed by atoms with Gasteiger partial charge in [0.05, 0.1) is 0 Å². The van der Waals surface area contributed by atoms with Gasteiger partial charge in [-0.3, -0.25) is 4.79 Å². The molecular formula is C15H11ClFN3O2. The second-order valence-corrected chi connectivity index (χ2v) is 5.01. The van der Waals surface area contributed by atoms with Gasteiger partial charge in [-0.05, 0) is 40.9 Å². The van der Waals surface area contributed by atoms with Gasteiger partial charge >= 0.3 is 5.97 Å². The van der Waals surface area contributed by atoms with Crippen molar-refractivity contribution in [3.63, 3.8) is 0 Å².